The summed E-state index contributed by atoms with van der Waals surface area (Å²) in [7, 11) is 0. The number of aromatic nitrogens is 2. The van der Waals surface area contributed by atoms with Gasteiger partial charge >= 0.3 is 5.97 Å². The third kappa shape index (κ3) is 4.22. The monoisotopic (exact) mass is 235 g/mol. The molecule has 92 valence electrons. The molecule has 1 heterocycles. The van der Waals surface area contributed by atoms with Gasteiger partial charge in [-0.05, 0) is 19.4 Å². The molecule has 0 fully saturated rings. The molecule has 17 heavy (non-hydrogen) atoms. The van der Waals surface area contributed by atoms with Crippen LogP contribution in [0.25, 0.3) is 6.08 Å². The van der Waals surface area contributed by atoms with Gasteiger partial charge in [-0.3, -0.25) is 0 Å². The van der Waals surface area contributed by atoms with Crippen molar-refractivity contribution in [3.8, 4) is 0 Å². The van der Waals surface area contributed by atoms with Gasteiger partial charge in [0.2, 0.25) is 5.95 Å². The van der Waals surface area contributed by atoms with Gasteiger partial charge < -0.3 is 10.0 Å². The molecular weight excluding hydrogens is 218 g/mol. The van der Waals surface area contributed by atoms with Crippen LogP contribution in [0.3, 0.4) is 0 Å². The van der Waals surface area contributed by atoms with Gasteiger partial charge in [0, 0.05) is 37.1 Å². The van der Waals surface area contributed by atoms with E-state index >= 15 is 0 Å². The van der Waals surface area contributed by atoms with Crippen molar-refractivity contribution in [1.82, 2.24) is 9.97 Å². The van der Waals surface area contributed by atoms with E-state index in [1.807, 2.05) is 0 Å². The summed E-state index contributed by atoms with van der Waals surface area (Å²) in [6.07, 6.45) is 6.84. The number of carbonyl (C=O) groups is 1. The summed E-state index contributed by atoms with van der Waals surface area (Å²) in [5.74, 6) is -0.294. The average Bonchev–Trinajstić information content (AvgIpc) is 2.34. The second-order valence-electron chi connectivity index (χ2n) is 3.57. The molecule has 0 saturated carbocycles. The molecule has 1 N–H and O–H groups in total. The highest BCUT2D eigenvalue weighted by Crippen LogP contribution is 2.08. The number of hydrogen-bond acceptors (Lipinski definition) is 4. The molecular formula is C12H17N3O2. The standard InChI is InChI=1S/C12H17N3O2/c1-3-7-15(4-2)12-13-8-10(9-14-12)5-6-11(16)17/h5-6,8-9H,3-4,7H2,1-2H3,(H,16,17)/b6-5+. The molecule has 0 aliphatic carbocycles. The third-order valence-electron chi connectivity index (χ3n) is 2.23. The van der Waals surface area contributed by atoms with Gasteiger partial charge in [-0.2, -0.15) is 0 Å². The number of aliphatic carboxylic acids is 1. The SMILES string of the molecule is CCCN(CC)c1ncc(/C=C/C(=O)O)cn1. The topological polar surface area (TPSA) is 66.3 Å². The van der Waals surface area contributed by atoms with Crippen molar-refractivity contribution in [2.24, 2.45) is 0 Å². The molecule has 0 spiro atoms. The molecule has 5 nitrogen and oxygen atoms in total. The molecule has 0 unspecified atom stereocenters. The second-order valence-corrected chi connectivity index (χ2v) is 3.57. The molecule has 0 aliphatic heterocycles. The predicted molar refractivity (Wildman–Crippen MR) is 66.9 cm³/mol. The van der Waals surface area contributed by atoms with Crippen LogP contribution >= 0.6 is 0 Å². The molecule has 0 radical (unpaired) electrons. The van der Waals surface area contributed by atoms with Gasteiger partial charge in [-0.25, -0.2) is 14.8 Å². The number of anilines is 1. The minimum atomic E-state index is -0.977. The Morgan fingerprint density at radius 2 is 2.06 bits per heavy atom. The van der Waals surface area contributed by atoms with E-state index in [0.717, 1.165) is 25.6 Å². The number of carboxylic acids is 1. The van der Waals surface area contributed by atoms with Gasteiger partial charge in [0.05, 0.1) is 0 Å². The normalized spacial score (nSPS) is 10.7. The Hall–Kier alpha value is -1.91. The van der Waals surface area contributed by atoms with Crippen molar-refractivity contribution in [3.05, 3.63) is 24.0 Å². The van der Waals surface area contributed by atoms with Crippen LogP contribution in [0, 0.1) is 0 Å². The minimum Gasteiger partial charge on any atom is -0.478 e. The first-order valence-electron chi connectivity index (χ1n) is 5.65. The Kier molecular flexibility index (Phi) is 5.13. The van der Waals surface area contributed by atoms with E-state index in [0.29, 0.717) is 11.5 Å². The number of nitrogens with zero attached hydrogens (tertiary/aromatic N) is 3. The van der Waals surface area contributed by atoms with Crippen molar-refractivity contribution in [1.29, 1.82) is 0 Å². The van der Waals surface area contributed by atoms with E-state index < -0.39 is 5.97 Å². The van der Waals surface area contributed by atoms with Crippen LogP contribution in [0.1, 0.15) is 25.8 Å². The molecule has 0 amide bonds. The van der Waals surface area contributed by atoms with Crippen molar-refractivity contribution < 1.29 is 9.90 Å². The fourth-order valence-corrected chi connectivity index (χ4v) is 1.42. The number of hydrogen-bond donors (Lipinski definition) is 1. The zero-order chi connectivity index (χ0) is 12.7. The lowest BCUT2D eigenvalue weighted by atomic mass is 10.3. The summed E-state index contributed by atoms with van der Waals surface area (Å²) in [5.41, 5.74) is 0.684. The first-order valence-corrected chi connectivity index (χ1v) is 5.65. The largest absolute Gasteiger partial charge is 0.478 e. The summed E-state index contributed by atoms with van der Waals surface area (Å²) >= 11 is 0. The van der Waals surface area contributed by atoms with E-state index in [1.165, 1.54) is 6.08 Å². The Bertz CT molecular complexity index is 387. The van der Waals surface area contributed by atoms with Gasteiger partial charge in [0.15, 0.2) is 0 Å². The maximum absolute atomic E-state index is 10.3. The predicted octanol–water partition coefficient (Wildman–Crippen LogP) is 1.81. The van der Waals surface area contributed by atoms with Crippen molar-refractivity contribution in [2.75, 3.05) is 18.0 Å². The fraction of sp³-hybridized carbons (Fsp3) is 0.417. The minimum absolute atomic E-state index is 0.682. The van der Waals surface area contributed by atoms with Crippen LogP contribution < -0.4 is 4.90 Å². The molecule has 0 saturated heterocycles. The summed E-state index contributed by atoms with van der Waals surface area (Å²) in [6.45, 7) is 5.93. The van der Waals surface area contributed by atoms with E-state index in [2.05, 4.69) is 28.7 Å². The molecule has 5 heteroatoms. The van der Waals surface area contributed by atoms with Crippen LogP contribution in [0.2, 0.25) is 0 Å². The van der Waals surface area contributed by atoms with Crippen molar-refractivity contribution >= 4 is 18.0 Å². The van der Waals surface area contributed by atoms with Crippen LogP contribution in [-0.4, -0.2) is 34.1 Å². The first-order chi connectivity index (χ1) is 8.17. The lowest BCUT2D eigenvalue weighted by Crippen LogP contribution is -2.25. The highest BCUT2D eigenvalue weighted by molar-refractivity contribution is 5.85. The zero-order valence-corrected chi connectivity index (χ0v) is 10.1. The second kappa shape index (κ2) is 6.62. The van der Waals surface area contributed by atoms with Gasteiger partial charge in [-0.15, -0.1) is 0 Å². The first kappa shape index (κ1) is 13.2. The van der Waals surface area contributed by atoms with E-state index in [4.69, 9.17) is 5.11 Å². The zero-order valence-electron chi connectivity index (χ0n) is 10.1. The van der Waals surface area contributed by atoms with Crippen LogP contribution in [-0.2, 0) is 4.79 Å². The Balaban J connectivity index is 2.76. The Morgan fingerprint density at radius 3 is 2.53 bits per heavy atom. The summed E-state index contributed by atoms with van der Waals surface area (Å²) in [5, 5.41) is 8.49. The van der Waals surface area contributed by atoms with Crippen LogP contribution in [0.4, 0.5) is 5.95 Å². The molecule has 0 bridgehead atoms. The molecule has 1 aromatic heterocycles. The van der Waals surface area contributed by atoms with E-state index in [1.54, 1.807) is 12.4 Å². The highest BCUT2D eigenvalue weighted by Gasteiger charge is 2.05. The number of rotatable bonds is 6. The van der Waals surface area contributed by atoms with Crippen molar-refractivity contribution in [3.63, 3.8) is 0 Å². The van der Waals surface area contributed by atoms with Crippen LogP contribution in [0.15, 0.2) is 18.5 Å². The summed E-state index contributed by atoms with van der Waals surface area (Å²) < 4.78 is 0. The summed E-state index contributed by atoms with van der Waals surface area (Å²) in [4.78, 5) is 20.9. The molecule has 0 aliphatic rings. The van der Waals surface area contributed by atoms with Gasteiger partial charge in [0.1, 0.15) is 0 Å². The average molecular weight is 235 g/mol. The van der Waals surface area contributed by atoms with Gasteiger partial charge in [-0.1, -0.05) is 6.92 Å². The van der Waals surface area contributed by atoms with E-state index in [9.17, 15) is 4.79 Å². The number of carboxylic acid groups (broad SMARTS) is 1. The van der Waals surface area contributed by atoms with Crippen molar-refractivity contribution in [2.45, 2.75) is 20.3 Å². The lowest BCUT2D eigenvalue weighted by molar-refractivity contribution is -0.131. The third-order valence-corrected chi connectivity index (χ3v) is 2.23. The lowest BCUT2D eigenvalue weighted by Gasteiger charge is -2.19. The maximum Gasteiger partial charge on any atom is 0.328 e. The van der Waals surface area contributed by atoms with Crippen LogP contribution in [0.5, 0.6) is 0 Å². The maximum atomic E-state index is 10.3. The molecule has 1 rings (SSSR count). The summed E-state index contributed by atoms with van der Waals surface area (Å²) in [6, 6.07) is 0. The molecule has 0 atom stereocenters. The fourth-order valence-electron chi connectivity index (χ4n) is 1.42. The molecule has 1 aromatic rings. The quantitative estimate of drug-likeness (QED) is 0.762. The highest BCUT2D eigenvalue weighted by atomic mass is 16.4. The smallest absolute Gasteiger partial charge is 0.328 e. The van der Waals surface area contributed by atoms with E-state index in [-0.39, 0.29) is 0 Å². The Morgan fingerprint density at radius 1 is 1.41 bits per heavy atom. The van der Waals surface area contributed by atoms with Gasteiger partial charge in [0.25, 0.3) is 0 Å². The Labute approximate surface area is 101 Å². The molecule has 0 aromatic carbocycles.